The van der Waals surface area contributed by atoms with Crippen LogP contribution < -0.4 is 10.6 Å². The highest BCUT2D eigenvalue weighted by Crippen LogP contribution is 2.28. The van der Waals surface area contributed by atoms with E-state index in [1.54, 1.807) is 11.8 Å². The highest BCUT2D eigenvalue weighted by atomic mass is 35.5. The van der Waals surface area contributed by atoms with Crippen LogP contribution in [0.1, 0.15) is 18.1 Å². The maximum absolute atomic E-state index is 11.8. The van der Waals surface area contributed by atoms with E-state index in [0.29, 0.717) is 0 Å². The molecular formula is C12H17ClN2O. The number of rotatable bonds is 1. The van der Waals surface area contributed by atoms with Gasteiger partial charge >= 0.3 is 0 Å². The first kappa shape index (κ1) is 13.0. The van der Waals surface area contributed by atoms with Crippen molar-refractivity contribution in [2.24, 2.45) is 5.73 Å². The molecule has 0 radical (unpaired) electrons. The van der Waals surface area contributed by atoms with Gasteiger partial charge < -0.3 is 10.6 Å². The molecule has 0 spiro atoms. The molecular weight excluding hydrogens is 224 g/mol. The molecule has 0 saturated carbocycles. The summed E-state index contributed by atoms with van der Waals surface area (Å²) in [6.07, 6.45) is 0.940. The molecule has 2 rings (SSSR count). The van der Waals surface area contributed by atoms with E-state index in [9.17, 15) is 4.79 Å². The van der Waals surface area contributed by atoms with Crippen molar-refractivity contribution in [1.29, 1.82) is 0 Å². The molecule has 1 aliphatic rings. The average Bonchev–Trinajstić information content (AvgIpc) is 2.59. The molecule has 0 fully saturated rings. The monoisotopic (exact) mass is 240 g/mol. The van der Waals surface area contributed by atoms with E-state index in [1.807, 2.05) is 12.1 Å². The van der Waals surface area contributed by atoms with E-state index in [0.717, 1.165) is 18.7 Å². The molecule has 1 aromatic carbocycles. The Balaban J connectivity index is 0.00000128. The van der Waals surface area contributed by atoms with Gasteiger partial charge in [-0.2, -0.15) is 0 Å². The minimum Gasteiger partial charge on any atom is -0.320 e. The fraction of sp³-hybridized carbons (Fsp3) is 0.417. The number of nitrogens with zero attached hydrogens (tertiary/aromatic N) is 1. The molecule has 0 aliphatic carbocycles. The summed E-state index contributed by atoms with van der Waals surface area (Å²) in [6, 6.07) is 5.77. The van der Waals surface area contributed by atoms with Gasteiger partial charge in [0.1, 0.15) is 0 Å². The molecule has 1 atom stereocenters. The number of fused-ring (bicyclic) bond motifs is 1. The van der Waals surface area contributed by atoms with Crippen LogP contribution in [0, 0.1) is 6.92 Å². The Hall–Kier alpha value is -1.06. The third-order valence-electron chi connectivity index (χ3n) is 2.79. The lowest BCUT2D eigenvalue weighted by molar-refractivity contribution is -0.119. The van der Waals surface area contributed by atoms with Crippen LogP contribution in [0.3, 0.4) is 0 Å². The Morgan fingerprint density at radius 3 is 2.81 bits per heavy atom. The van der Waals surface area contributed by atoms with Gasteiger partial charge in [-0.05, 0) is 31.9 Å². The van der Waals surface area contributed by atoms with Gasteiger partial charge in [0.25, 0.3) is 0 Å². The summed E-state index contributed by atoms with van der Waals surface area (Å²) < 4.78 is 0. The summed E-state index contributed by atoms with van der Waals surface area (Å²) in [5, 5.41) is 0. The number of anilines is 1. The van der Waals surface area contributed by atoms with Crippen LogP contribution in [0.4, 0.5) is 5.69 Å². The largest absolute Gasteiger partial charge is 0.320 e. The van der Waals surface area contributed by atoms with Gasteiger partial charge in [-0.25, -0.2) is 0 Å². The molecule has 0 aromatic heterocycles. The number of benzene rings is 1. The molecule has 88 valence electrons. The van der Waals surface area contributed by atoms with Crippen molar-refractivity contribution in [1.82, 2.24) is 0 Å². The number of hydrogen-bond acceptors (Lipinski definition) is 2. The number of halogens is 1. The van der Waals surface area contributed by atoms with E-state index in [-0.39, 0.29) is 18.3 Å². The molecule has 2 N–H and O–H groups in total. The predicted octanol–water partition coefficient (Wildman–Crippen LogP) is 1.65. The summed E-state index contributed by atoms with van der Waals surface area (Å²) in [4.78, 5) is 13.6. The normalized spacial score (nSPS) is 15.3. The zero-order valence-electron chi connectivity index (χ0n) is 9.56. The summed E-state index contributed by atoms with van der Waals surface area (Å²) in [7, 11) is 0. The first-order chi connectivity index (χ1) is 7.09. The van der Waals surface area contributed by atoms with Crippen molar-refractivity contribution in [3.05, 3.63) is 29.3 Å². The van der Waals surface area contributed by atoms with Crippen LogP contribution in [0.15, 0.2) is 18.2 Å². The molecule has 3 nitrogen and oxygen atoms in total. The van der Waals surface area contributed by atoms with Crippen molar-refractivity contribution >= 4 is 24.0 Å². The smallest absolute Gasteiger partial charge is 0.243 e. The maximum atomic E-state index is 11.8. The second-order valence-corrected chi connectivity index (χ2v) is 4.16. The molecule has 1 heterocycles. The summed E-state index contributed by atoms with van der Waals surface area (Å²) in [5.74, 6) is 0.0117. The first-order valence-electron chi connectivity index (χ1n) is 5.26. The van der Waals surface area contributed by atoms with Crippen LogP contribution in [0.25, 0.3) is 0 Å². The van der Waals surface area contributed by atoms with Crippen molar-refractivity contribution in [2.75, 3.05) is 11.4 Å². The van der Waals surface area contributed by atoms with E-state index in [2.05, 4.69) is 13.0 Å². The molecule has 0 bridgehead atoms. The lowest BCUT2D eigenvalue weighted by atomic mass is 10.1. The number of amides is 1. The maximum Gasteiger partial charge on any atom is 0.243 e. The zero-order chi connectivity index (χ0) is 11.0. The van der Waals surface area contributed by atoms with Crippen molar-refractivity contribution in [3.63, 3.8) is 0 Å². The second kappa shape index (κ2) is 4.85. The van der Waals surface area contributed by atoms with Crippen molar-refractivity contribution in [3.8, 4) is 0 Å². The lowest BCUT2D eigenvalue weighted by Gasteiger charge is -2.19. The van der Waals surface area contributed by atoms with Gasteiger partial charge in [-0.15, -0.1) is 12.4 Å². The Morgan fingerprint density at radius 2 is 2.19 bits per heavy atom. The quantitative estimate of drug-likeness (QED) is 0.812. The van der Waals surface area contributed by atoms with Crippen LogP contribution in [0.2, 0.25) is 0 Å². The molecule has 1 aliphatic heterocycles. The van der Waals surface area contributed by atoms with Crippen molar-refractivity contribution in [2.45, 2.75) is 26.3 Å². The van der Waals surface area contributed by atoms with Gasteiger partial charge in [0.15, 0.2) is 0 Å². The minimum atomic E-state index is -0.419. The first-order valence-corrected chi connectivity index (χ1v) is 5.26. The third-order valence-corrected chi connectivity index (χ3v) is 2.79. The molecule has 16 heavy (non-hydrogen) atoms. The highest BCUT2D eigenvalue weighted by molar-refractivity contribution is 5.98. The van der Waals surface area contributed by atoms with E-state index < -0.39 is 6.04 Å². The third kappa shape index (κ3) is 2.20. The standard InChI is InChI=1S/C12H16N2O.ClH/c1-8-3-4-11-10(7-8)5-6-14(11)12(15)9(2)13;/h3-4,7,9H,5-6,13H2,1-2H3;1H/t9-;/m1./s1. The Labute approximate surface area is 102 Å². The van der Waals surface area contributed by atoms with E-state index in [4.69, 9.17) is 5.73 Å². The average molecular weight is 241 g/mol. The lowest BCUT2D eigenvalue weighted by Crippen LogP contribution is -2.41. The SMILES string of the molecule is Cc1ccc2c(c1)CCN2C(=O)[C@@H](C)N.Cl. The Bertz CT molecular complexity index is 404. The van der Waals surface area contributed by atoms with Crippen molar-refractivity contribution < 1.29 is 4.79 Å². The van der Waals surface area contributed by atoms with Gasteiger partial charge in [0, 0.05) is 12.2 Å². The zero-order valence-corrected chi connectivity index (χ0v) is 10.4. The molecule has 1 aromatic rings. The summed E-state index contributed by atoms with van der Waals surface area (Å²) in [5.41, 5.74) is 9.14. The van der Waals surface area contributed by atoms with Gasteiger partial charge in [0.2, 0.25) is 5.91 Å². The Morgan fingerprint density at radius 1 is 1.50 bits per heavy atom. The summed E-state index contributed by atoms with van der Waals surface area (Å²) >= 11 is 0. The molecule has 1 amide bonds. The van der Waals surface area contributed by atoms with Crippen LogP contribution in [0.5, 0.6) is 0 Å². The molecule has 0 saturated heterocycles. The van der Waals surface area contributed by atoms with E-state index >= 15 is 0 Å². The number of aryl methyl sites for hydroxylation is 1. The summed E-state index contributed by atoms with van der Waals surface area (Å²) in [6.45, 7) is 4.56. The van der Waals surface area contributed by atoms with Gasteiger partial charge in [-0.3, -0.25) is 4.79 Å². The number of nitrogens with two attached hydrogens (primary N) is 1. The van der Waals surface area contributed by atoms with Gasteiger partial charge in [-0.1, -0.05) is 17.7 Å². The van der Waals surface area contributed by atoms with E-state index in [1.165, 1.54) is 11.1 Å². The highest BCUT2D eigenvalue weighted by Gasteiger charge is 2.26. The van der Waals surface area contributed by atoms with Gasteiger partial charge in [0.05, 0.1) is 6.04 Å². The van der Waals surface area contributed by atoms with Crippen LogP contribution in [-0.4, -0.2) is 18.5 Å². The number of hydrogen-bond donors (Lipinski definition) is 1. The number of carbonyl (C=O) groups excluding carboxylic acids is 1. The second-order valence-electron chi connectivity index (χ2n) is 4.16. The molecule has 0 unspecified atom stereocenters. The fourth-order valence-corrected chi connectivity index (χ4v) is 2.01. The minimum absolute atomic E-state index is 0. The predicted molar refractivity (Wildman–Crippen MR) is 68.1 cm³/mol. The topological polar surface area (TPSA) is 46.3 Å². The van der Waals surface area contributed by atoms with Crippen LogP contribution >= 0.6 is 12.4 Å². The molecule has 4 heteroatoms. The Kier molecular flexibility index (Phi) is 3.94. The van der Waals surface area contributed by atoms with Crippen LogP contribution in [-0.2, 0) is 11.2 Å². The number of carbonyl (C=O) groups is 1. The fourth-order valence-electron chi connectivity index (χ4n) is 2.01.